The van der Waals surface area contributed by atoms with Crippen molar-refractivity contribution in [1.29, 1.82) is 0 Å². The maximum atomic E-state index is 13.5. The van der Waals surface area contributed by atoms with Gasteiger partial charge in [-0.15, -0.1) is 0 Å². The molecule has 0 fully saturated rings. The van der Waals surface area contributed by atoms with E-state index in [1.54, 1.807) is 6.92 Å². The van der Waals surface area contributed by atoms with Gasteiger partial charge in [0.05, 0.1) is 12.2 Å². The minimum Gasteiger partial charge on any atom is -0.461 e. The first-order chi connectivity index (χ1) is 8.10. The smallest absolute Gasteiger partial charge is 0.359 e. The van der Waals surface area contributed by atoms with Crippen molar-refractivity contribution in [2.45, 2.75) is 13.3 Å². The van der Waals surface area contributed by atoms with Gasteiger partial charge in [-0.2, -0.15) is 18.9 Å². The minimum atomic E-state index is -1.16. The molecule has 1 rings (SSSR count). The molecule has 1 aliphatic heterocycles. The lowest BCUT2D eigenvalue weighted by molar-refractivity contribution is -0.134. The number of hydrogen-bond acceptors (Lipinski definition) is 5. The van der Waals surface area contributed by atoms with Crippen LogP contribution in [0.2, 0.25) is 0 Å². The second-order valence-corrected chi connectivity index (χ2v) is 2.98. The summed E-state index contributed by atoms with van der Waals surface area (Å²) in [6.07, 6.45) is 2.40. The third-order valence-corrected chi connectivity index (χ3v) is 1.89. The van der Waals surface area contributed by atoms with Gasteiger partial charge in [0.1, 0.15) is 0 Å². The SMILES string of the molecule is CCOC(=O)/C(=N\N)C1=CCC=C(F)N=C1F. The molecule has 0 bridgehead atoms. The molecule has 0 saturated heterocycles. The van der Waals surface area contributed by atoms with Gasteiger partial charge in [0.15, 0.2) is 5.71 Å². The predicted molar refractivity (Wildman–Crippen MR) is 58.7 cm³/mol. The van der Waals surface area contributed by atoms with Crippen molar-refractivity contribution >= 4 is 17.6 Å². The number of rotatable bonds is 3. The van der Waals surface area contributed by atoms with Crippen LogP contribution in [-0.2, 0) is 9.53 Å². The monoisotopic (exact) mass is 243 g/mol. The zero-order valence-corrected chi connectivity index (χ0v) is 9.11. The van der Waals surface area contributed by atoms with Crippen molar-refractivity contribution in [2.75, 3.05) is 6.61 Å². The molecule has 0 radical (unpaired) electrons. The molecule has 0 amide bonds. The number of nitrogens with zero attached hydrogens (tertiary/aromatic N) is 2. The van der Waals surface area contributed by atoms with Crippen molar-refractivity contribution < 1.29 is 18.3 Å². The van der Waals surface area contributed by atoms with Gasteiger partial charge in [-0.05, 0) is 19.4 Å². The summed E-state index contributed by atoms with van der Waals surface area (Å²) in [5, 5.41) is 3.15. The van der Waals surface area contributed by atoms with Crippen molar-refractivity contribution in [2.24, 2.45) is 15.9 Å². The molecule has 2 N–H and O–H groups in total. The number of aliphatic imine (C=N–C) groups is 1. The molecule has 0 aliphatic carbocycles. The topological polar surface area (TPSA) is 77.0 Å². The zero-order valence-electron chi connectivity index (χ0n) is 9.11. The van der Waals surface area contributed by atoms with Gasteiger partial charge >= 0.3 is 5.97 Å². The van der Waals surface area contributed by atoms with E-state index in [4.69, 9.17) is 5.84 Å². The molecule has 0 aromatic rings. The average molecular weight is 243 g/mol. The summed E-state index contributed by atoms with van der Waals surface area (Å²) in [6, 6.07) is 0. The zero-order chi connectivity index (χ0) is 12.8. The van der Waals surface area contributed by atoms with Gasteiger partial charge in [-0.1, -0.05) is 6.08 Å². The number of halogens is 2. The first-order valence-electron chi connectivity index (χ1n) is 4.85. The number of carbonyl (C=O) groups excluding carboxylic acids is 1. The van der Waals surface area contributed by atoms with Crippen LogP contribution in [-0.4, -0.2) is 24.3 Å². The van der Waals surface area contributed by atoms with Crippen LogP contribution in [0.15, 0.2) is 33.8 Å². The van der Waals surface area contributed by atoms with Gasteiger partial charge < -0.3 is 10.6 Å². The van der Waals surface area contributed by atoms with Crippen LogP contribution in [0, 0.1) is 0 Å². The summed E-state index contributed by atoms with van der Waals surface area (Å²) in [6.45, 7) is 1.68. The van der Waals surface area contributed by atoms with Crippen LogP contribution >= 0.6 is 0 Å². The molecule has 17 heavy (non-hydrogen) atoms. The third kappa shape index (κ3) is 3.20. The lowest BCUT2D eigenvalue weighted by Gasteiger charge is -2.05. The van der Waals surface area contributed by atoms with E-state index in [-0.39, 0.29) is 18.6 Å². The van der Waals surface area contributed by atoms with Crippen LogP contribution in [0.25, 0.3) is 0 Å². The Morgan fingerprint density at radius 2 is 2.29 bits per heavy atom. The highest BCUT2D eigenvalue weighted by Crippen LogP contribution is 2.15. The average Bonchev–Trinajstić information content (AvgIpc) is 2.42. The van der Waals surface area contributed by atoms with Gasteiger partial charge in [0.25, 0.3) is 0 Å². The lowest BCUT2D eigenvalue weighted by atomic mass is 10.1. The largest absolute Gasteiger partial charge is 0.461 e. The Hall–Kier alpha value is -2.05. The van der Waals surface area contributed by atoms with Crippen molar-refractivity contribution in [1.82, 2.24) is 0 Å². The van der Waals surface area contributed by atoms with E-state index in [1.165, 1.54) is 6.08 Å². The number of nitrogens with two attached hydrogens (primary N) is 1. The molecule has 0 aromatic carbocycles. The molecule has 0 aromatic heterocycles. The predicted octanol–water partition coefficient (Wildman–Crippen LogP) is 1.37. The van der Waals surface area contributed by atoms with Crippen LogP contribution < -0.4 is 5.84 Å². The Morgan fingerprint density at radius 3 is 2.88 bits per heavy atom. The normalized spacial score (nSPS) is 16.6. The number of esters is 1. The van der Waals surface area contributed by atoms with E-state index >= 15 is 0 Å². The first-order valence-corrected chi connectivity index (χ1v) is 4.85. The maximum Gasteiger partial charge on any atom is 0.359 e. The first kappa shape index (κ1) is 13.0. The highest BCUT2D eigenvalue weighted by atomic mass is 19.1. The highest BCUT2D eigenvalue weighted by Gasteiger charge is 2.23. The van der Waals surface area contributed by atoms with Gasteiger partial charge in [0.2, 0.25) is 11.9 Å². The number of carbonyl (C=O) groups is 1. The number of hydrogen-bond donors (Lipinski definition) is 1. The van der Waals surface area contributed by atoms with E-state index in [1.807, 2.05) is 0 Å². The van der Waals surface area contributed by atoms with E-state index in [9.17, 15) is 13.6 Å². The lowest BCUT2D eigenvalue weighted by Crippen LogP contribution is -2.24. The van der Waals surface area contributed by atoms with Crippen LogP contribution in [0.4, 0.5) is 8.78 Å². The molecule has 7 heteroatoms. The van der Waals surface area contributed by atoms with E-state index in [0.717, 1.165) is 6.08 Å². The van der Waals surface area contributed by atoms with Gasteiger partial charge in [-0.3, -0.25) is 0 Å². The van der Waals surface area contributed by atoms with Crippen molar-refractivity contribution in [3.63, 3.8) is 0 Å². The van der Waals surface area contributed by atoms with E-state index < -0.39 is 23.6 Å². The molecular weight excluding hydrogens is 232 g/mol. The van der Waals surface area contributed by atoms with E-state index in [0.29, 0.717) is 0 Å². The highest BCUT2D eigenvalue weighted by molar-refractivity contribution is 6.49. The Labute approximate surface area is 96.3 Å². The summed E-state index contributed by atoms with van der Waals surface area (Å²) < 4.78 is 30.9. The minimum absolute atomic E-state index is 0.0799. The molecule has 1 heterocycles. The maximum absolute atomic E-state index is 13.5. The van der Waals surface area contributed by atoms with Crippen LogP contribution in [0.1, 0.15) is 13.3 Å². The fraction of sp³-hybridized carbons (Fsp3) is 0.300. The molecule has 0 unspecified atom stereocenters. The molecule has 92 valence electrons. The Morgan fingerprint density at radius 1 is 1.59 bits per heavy atom. The molecular formula is C10H11F2N3O2. The van der Waals surface area contributed by atoms with Crippen LogP contribution in [0.5, 0.6) is 0 Å². The Bertz CT molecular complexity index is 439. The second-order valence-electron chi connectivity index (χ2n) is 2.98. The quantitative estimate of drug-likeness (QED) is 0.267. The van der Waals surface area contributed by atoms with Crippen molar-refractivity contribution in [3.05, 3.63) is 23.7 Å². The standard InChI is InChI=1S/C10H11F2N3O2/c1-2-17-10(16)8(15-13)6-4-3-5-7(11)14-9(6)12/h4-5H,2-3,13H2,1H3/b15-8-. The molecule has 0 atom stereocenters. The summed E-state index contributed by atoms with van der Waals surface area (Å²) in [5.74, 6) is 1.99. The summed E-state index contributed by atoms with van der Waals surface area (Å²) in [5.41, 5.74) is -0.689. The summed E-state index contributed by atoms with van der Waals surface area (Å²) in [4.78, 5) is 14.4. The number of allylic oxidation sites excluding steroid dienone is 2. The van der Waals surface area contributed by atoms with Gasteiger partial charge in [-0.25, -0.2) is 4.79 Å². The molecule has 5 nitrogen and oxygen atoms in total. The third-order valence-electron chi connectivity index (χ3n) is 1.89. The fourth-order valence-corrected chi connectivity index (χ4v) is 1.18. The Balaban J connectivity index is 3.03. The fourth-order valence-electron chi connectivity index (χ4n) is 1.18. The second kappa shape index (κ2) is 5.88. The summed E-state index contributed by atoms with van der Waals surface area (Å²) in [7, 11) is 0. The number of ether oxygens (including phenoxy) is 1. The molecule has 0 saturated carbocycles. The van der Waals surface area contributed by atoms with Crippen LogP contribution in [0.3, 0.4) is 0 Å². The van der Waals surface area contributed by atoms with Gasteiger partial charge in [0, 0.05) is 0 Å². The Kier molecular flexibility index (Phi) is 4.50. The van der Waals surface area contributed by atoms with Crippen molar-refractivity contribution in [3.8, 4) is 0 Å². The molecule has 1 aliphatic rings. The van der Waals surface area contributed by atoms with E-state index in [2.05, 4.69) is 14.8 Å². The molecule has 0 spiro atoms. The number of hydrazone groups is 1. The summed E-state index contributed by atoms with van der Waals surface area (Å²) >= 11 is 0.